The Balaban J connectivity index is 1.37. The summed E-state index contributed by atoms with van der Waals surface area (Å²) in [6.45, 7) is 6.03. The molecule has 212 valence electrons. The third-order valence-corrected chi connectivity index (χ3v) is 8.45. The smallest absolute Gasteiger partial charge is 0.174 e. The number of aromatic nitrogens is 3. The fourth-order valence-corrected chi connectivity index (χ4v) is 6.42. The van der Waals surface area contributed by atoms with Crippen molar-refractivity contribution in [1.82, 2.24) is 14.5 Å². The molecular weight excluding hydrogens is 526 g/mol. The van der Waals surface area contributed by atoms with Gasteiger partial charge in [0.25, 0.3) is 0 Å². The van der Waals surface area contributed by atoms with Crippen molar-refractivity contribution in [3.05, 3.63) is 127 Å². The average molecular weight is 562 g/mol. The van der Waals surface area contributed by atoms with Crippen LogP contribution in [-0.4, -0.2) is 33.8 Å². The van der Waals surface area contributed by atoms with Gasteiger partial charge in [0.15, 0.2) is 11.6 Å². The molecule has 0 N–H and O–H groups in total. The lowest BCUT2D eigenvalue weighted by atomic mass is 10.0. The van der Waals surface area contributed by atoms with Crippen LogP contribution in [0.25, 0.3) is 50.8 Å². The number of para-hydroxylation sites is 1. The normalized spacial score (nSPS) is 13.4. The maximum atomic E-state index is 5.36. The van der Waals surface area contributed by atoms with Crippen LogP contribution in [0.2, 0.25) is 0 Å². The third kappa shape index (κ3) is 4.58. The summed E-state index contributed by atoms with van der Waals surface area (Å²) in [5.74, 6) is 1.86. The monoisotopic (exact) mass is 561 g/mol. The molecule has 4 aromatic carbocycles. The molecule has 0 radical (unpaired) electrons. The second kappa shape index (κ2) is 11.3. The predicted molar refractivity (Wildman–Crippen MR) is 180 cm³/mol. The highest BCUT2D eigenvalue weighted by atomic mass is 15.5. The Morgan fingerprint density at radius 2 is 1.07 bits per heavy atom. The van der Waals surface area contributed by atoms with E-state index < -0.39 is 0 Å². The van der Waals surface area contributed by atoms with Crippen LogP contribution < -0.4 is 9.80 Å². The molecule has 5 heteroatoms. The molecule has 6 aromatic rings. The van der Waals surface area contributed by atoms with Crippen molar-refractivity contribution in [3.63, 3.8) is 0 Å². The Morgan fingerprint density at radius 3 is 1.58 bits per heavy atom. The number of rotatable bonds is 7. The van der Waals surface area contributed by atoms with Crippen molar-refractivity contribution in [2.24, 2.45) is 7.05 Å². The van der Waals surface area contributed by atoms with Crippen molar-refractivity contribution in [2.45, 2.75) is 20.0 Å². The summed E-state index contributed by atoms with van der Waals surface area (Å²) < 4.78 is 2.31. The van der Waals surface area contributed by atoms with Gasteiger partial charge < -0.3 is 14.4 Å². The first kappa shape index (κ1) is 26.7. The van der Waals surface area contributed by atoms with Crippen molar-refractivity contribution in [1.29, 1.82) is 0 Å². The minimum absolute atomic E-state index is 0.0118. The standard InChI is InChI=1S/C38H35N5/c1-4-42-33(26-25-31-30-23-15-16-24-32(30)41(3)36(31)29-21-13-8-14-22-29)43(5-2)38-37(42)39-34(27-17-9-6-10-18-27)35(40-38)28-19-11-7-12-20-28/h6-26,33H,4-5H2,1-3H3/b26-25+. The maximum Gasteiger partial charge on any atom is 0.174 e. The predicted octanol–water partition coefficient (Wildman–Crippen LogP) is 8.68. The molecule has 0 bridgehead atoms. The first-order valence-electron chi connectivity index (χ1n) is 15.1. The molecule has 0 spiro atoms. The second-order valence-corrected chi connectivity index (χ2v) is 10.8. The highest BCUT2D eigenvalue weighted by molar-refractivity contribution is 5.98. The molecule has 0 fully saturated rings. The molecule has 0 saturated heterocycles. The highest BCUT2D eigenvalue weighted by Crippen LogP contribution is 2.42. The Hall–Kier alpha value is -5.16. The van der Waals surface area contributed by atoms with Crippen LogP contribution in [-0.2, 0) is 7.05 Å². The number of anilines is 2. The molecule has 7 rings (SSSR count). The summed E-state index contributed by atoms with van der Waals surface area (Å²) in [6.07, 6.45) is 4.62. The van der Waals surface area contributed by atoms with E-state index in [2.05, 4.69) is 151 Å². The van der Waals surface area contributed by atoms with E-state index in [1.54, 1.807) is 0 Å². The zero-order valence-corrected chi connectivity index (χ0v) is 24.9. The molecule has 2 aromatic heterocycles. The van der Waals surface area contributed by atoms with Gasteiger partial charge in [0.05, 0.1) is 17.1 Å². The molecule has 0 amide bonds. The average Bonchev–Trinajstić information content (AvgIpc) is 3.53. The first-order valence-corrected chi connectivity index (χ1v) is 15.1. The van der Waals surface area contributed by atoms with E-state index in [1.807, 2.05) is 12.1 Å². The molecule has 5 nitrogen and oxygen atoms in total. The van der Waals surface area contributed by atoms with E-state index in [1.165, 1.54) is 27.7 Å². The van der Waals surface area contributed by atoms with Gasteiger partial charge in [-0.15, -0.1) is 0 Å². The van der Waals surface area contributed by atoms with Crippen molar-refractivity contribution < 1.29 is 0 Å². The van der Waals surface area contributed by atoms with E-state index in [0.717, 1.165) is 47.2 Å². The summed E-state index contributed by atoms with van der Waals surface area (Å²) >= 11 is 0. The molecule has 0 unspecified atom stereocenters. The molecule has 0 atom stereocenters. The van der Waals surface area contributed by atoms with Gasteiger partial charge in [-0.25, -0.2) is 9.97 Å². The molecule has 0 saturated carbocycles. The number of hydrogen-bond acceptors (Lipinski definition) is 4. The van der Waals surface area contributed by atoms with E-state index in [9.17, 15) is 0 Å². The summed E-state index contributed by atoms with van der Waals surface area (Å²) in [7, 11) is 2.16. The molecule has 1 aliphatic heterocycles. The minimum Gasteiger partial charge on any atom is -0.343 e. The molecule has 0 aliphatic carbocycles. The van der Waals surface area contributed by atoms with Crippen LogP contribution in [0.3, 0.4) is 0 Å². The zero-order chi connectivity index (χ0) is 29.3. The topological polar surface area (TPSA) is 37.2 Å². The van der Waals surface area contributed by atoms with Gasteiger partial charge in [0.2, 0.25) is 0 Å². The van der Waals surface area contributed by atoms with Gasteiger partial charge >= 0.3 is 0 Å². The van der Waals surface area contributed by atoms with Crippen LogP contribution >= 0.6 is 0 Å². The Kier molecular flexibility index (Phi) is 6.99. The number of likely N-dealkylation sites (N-methyl/N-ethyl adjacent to an activating group) is 2. The van der Waals surface area contributed by atoms with E-state index >= 15 is 0 Å². The van der Waals surface area contributed by atoms with Gasteiger partial charge in [0.1, 0.15) is 6.17 Å². The second-order valence-electron chi connectivity index (χ2n) is 10.8. The lowest BCUT2D eigenvalue weighted by Crippen LogP contribution is -2.41. The molecule has 1 aliphatic rings. The molecular formula is C38H35N5. The fraction of sp³-hybridized carbons (Fsp3) is 0.158. The van der Waals surface area contributed by atoms with Gasteiger partial charge in [-0.2, -0.15) is 0 Å². The van der Waals surface area contributed by atoms with Gasteiger partial charge in [0, 0.05) is 47.7 Å². The summed E-state index contributed by atoms with van der Waals surface area (Å²) in [6, 6.07) is 40.2. The van der Waals surface area contributed by atoms with Gasteiger partial charge in [-0.05, 0) is 31.6 Å². The number of nitrogens with zero attached hydrogens (tertiary/aromatic N) is 5. The maximum absolute atomic E-state index is 5.36. The third-order valence-electron chi connectivity index (χ3n) is 8.45. The summed E-state index contributed by atoms with van der Waals surface area (Å²) in [5, 5.41) is 1.25. The van der Waals surface area contributed by atoms with E-state index in [-0.39, 0.29) is 6.17 Å². The van der Waals surface area contributed by atoms with Gasteiger partial charge in [-0.1, -0.05) is 115 Å². The van der Waals surface area contributed by atoms with Gasteiger partial charge in [-0.3, -0.25) is 0 Å². The van der Waals surface area contributed by atoms with Crippen LogP contribution in [0.5, 0.6) is 0 Å². The first-order chi connectivity index (χ1) is 21.2. The highest BCUT2D eigenvalue weighted by Gasteiger charge is 2.36. The number of hydrogen-bond donors (Lipinski definition) is 0. The van der Waals surface area contributed by atoms with Crippen LogP contribution in [0.1, 0.15) is 19.4 Å². The Bertz CT molecular complexity index is 1830. The van der Waals surface area contributed by atoms with Crippen LogP contribution in [0, 0.1) is 0 Å². The number of benzene rings is 4. The summed E-state index contributed by atoms with van der Waals surface area (Å²) in [5.41, 5.74) is 8.82. The summed E-state index contributed by atoms with van der Waals surface area (Å²) in [4.78, 5) is 15.5. The van der Waals surface area contributed by atoms with Crippen molar-refractivity contribution in [3.8, 4) is 33.8 Å². The molecule has 43 heavy (non-hydrogen) atoms. The number of fused-ring (bicyclic) bond motifs is 2. The Labute approximate surface area is 253 Å². The van der Waals surface area contributed by atoms with Crippen LogP contribution in [0.15, 0.2) is 121 Å². The Morgan fingerprint density at radius 1 is 0.605 bits per heavy atom. The largest absolute Gasteiger partial charge is 0.343 e. The number of aryl methyl sites for hydroxylation is 1. The molecule has 3 heterocycles. The van der Waals surface area contributed by atoms with Crippen molar-refractivity contribution in [2.75, 3.05) is 22.9 Å². The SMILES string of the molecule is CCN1c2nc(-c3ccccc3)c(-c3ccccc3)nc2N(CC)C1/C=C/c1c(-c2ccccc2)n(C)c2ccccc12. The zero-order valence-electron chi connectivity index (χ0n) is 24.9. The lowest BCUT2D eigenvalue weighted by Gasteiger charge is -2.28. The minimum atomic E-state index is -0.0118. The van der Waals surface area contributed by atoms with E-state index in [0.29, 0.717) is 0 Å². The lowest BCUT2D eigenvalue weighted by molar-refractivity contribution is 0.690. The van der Waals surface area contributed by atoms with Crippen LogP contribution in [0.4, 0.5) is 11.6 Å². The quantitative estimate of drug-likeness (QED) is 0.195. The van der Waals surface area contributed by atoms with Crippen molar-refractivity contribution >= 4 is 28.6 Å². The van der Waals surface area contributed by atoms with E-state index in [4.69, 9.17) is 9.97 Å². The fourth-order valence-electron chi connectivity index (χ4n) is 6.42.